The van der Waals surface area contributed by atoms with E-state index in [2.05, 4.69) is 10.3 Å². The van der Waals surface area contributed by atoms with Crippen LogP contribution < -0.4 is 20.5 Å². The predicted molar refractivity (Wildman–Crippen MR) is 65.9 cm³/mol. The second-order valence-corrected chi connectivity index (χ2v) is 4.64. The van der Waals surface area contributed by atoms with Crippen molar-refractivity contribution in [2.45, 2.75) is 6.54 Å². The molecule has 0 unspecified atom stereocenters. The van der Waals surface area contributed by atoms with E-state index in [9.17, 15) is 0 Å². The van der Waals surface area contributed by atoms with Crippen molar-refractivity contribution in [2.75, 3.05) is 12.1 Å². The molecule has 0 radical (unpaired) electrons. The summed E-state index contributed by atoms with van der Waals surface area (Å²) in [4.78, 5) is 5.28. The Morgan fingerprint density at radius 3 is 3.06 bits per heavy atom. The number of nitrogens with two attached hydrogens (primary N) is 1. The minimum absolute atomic E-state index is 0.285. The van der Waals surface area contributed by atoms with Gasteiger partial charge in [0.05, 0.1) is 0 Å². The third-order valence-electron chi connectivity index (χ3n) is 2.38. The van der Waals surface area contributed by atoms with Crippen LogP contribution in [0.1, 0.15) is 4.88 Å². The zero-order valence-corrected chi connectivity index (χ0v) is 9.79. The van der Waals surface area contributed by atoms with Crippen LogP contribution >= 0.6 is 11.3 Å². The van der Waals surface area contributed by atoms with Gasteiger partial charge in [-0.3, -0.25) is 0 Å². The summed E-state index contributed by atoms with van der Waals surface area (Å²) >= 11 is 1.54. The van der Waals surface area contributed by atoms with Gasteiger partial charge in [0, 0.05) is 29.4 Å². The van der Waals surface area contributed by atoms with Gasteiger partial charge in [-0.15, -0.1) is 11.3 Å². The maximum atomic E-state index is 5.54. The first kappa shape index (κ1) is 10.4. The Balaban J connectivity index is 1.80. The lowest BCUT2D eigenvalue weighted by atomic mass is 10.3. The quantitative estimate of drug-likeness (QED) is 0.871. The first-order valence-electron chi connectivity index (χ1n) is 5.16. The Morgan fingerprint density at radius 1 is 1.35 bits per heavy atom. The lowest BCUT2D eigenvalue weighted by Gasteiger charge is -2.03. The molecule has 0 atom stereocenters. The van der Waals surface area contributed by atoms with E-state index in [0.717, 1.165) is 27.2 Å². The lowest BCUT2D eigenvalue weighted by molar-refractivity contribution is 0.174. The van der Waals surface area contributed by atoms with Crippen LogP contribution in [0.25, 0.3) is 0 Å². The van der Waals surface area contributed by atoms with Gasteiger partial charge >= 0.3 is 0 Å². The lowest BCUT2D eigenvalue weighted by Crippen LogP contribution is -1.93. The number of hydrogen-bond donors (Lipinski definition) is 2. The highest BCUT2D eigenvalue weighted by molar-refractivity contribution is 7.15. The Labute approximate surface area is 102 Å². The maximum Gasteiger partial charge on any atom is 0.231 e. The molecule has 0 saturated carbocycles. The van der Waals surface area contributed by atoms with Crippen LogP contribution in [0.2, 0.25) is 0 Å². The number of rotatable bonds is 3. The van der Waals surface area contributed by atoms with Crippen molar-refractivity contribution in [3.63, 3.8) is 0 Å². The predicted octanol–water partition coefficient (Wildman–Crippen LogP) is 2.07. The Bertz CT molecular complexity index is 541. The van der Waals surface area contributed by atoms with Crippen LogP contribution in [-0.2, 0) is 6.54 Å². The van der Waals surface area contributed by atoms with Crippen molar-refractivity contribution in [3.8, 4) is 11.5 Å². The Kier molecular flexibility index (Phi) is 2.58. The summed E-state index contributed by atoms with van der Waals surface area (Å²) < 4.78 is 10.5. The highest BCUT2D eigenvalue weighted by atomic mass is 32.1. The average Bonchev–Trinajstić information content (AvgIpc) is 2.96. The van der Waals surface area contributed by atoms with Crippen molar-refractivity contribution < 1.29 is 9.47 Å². The molecule has 5 nitrogen and oxygen atoms in total. The molecule has 0 fully saturated rings. The van der Waals surface area contributed by atoms with Gasteiger partial charge in [-0.2, -0.15) is 0 Å². The van der Waals surface area contributed by atoms with E-state index >= 15 is 0 Å². The van der Waals surface area contributed by atoms with Crippen LogP contribution in [0.3, 0.4) is 0 Å². The van der Waals surface area contributed by atoms with Crippen molar-refractivity contribution >= 4 is 22.2 Å². The fourth-order valence-corrected chi connectivity index (χ4v) is 2.27. The Morgan fingerprint density at radius 2 is 2.24 bits per heavy atom. The van der Waals surface area contributed by atoms with Crippen molar-refractivity contribution in [2.24, 2.45) is 5.73 Å². The number of nitrogens with one attached hydrogen (secondary N) is 1. The van der Waals surface area contributed by atoms with Gasteiger partial charge in [0.2, 0.25) is 6.79 Å². The fraction of sp³-hybridized carbons (Fsp3) is 0.182. The highest BCUT2D eigenvalue weighted by Crippen LogP contribution is 2.35. The van der Waals surface area contributed by atoms with Crippen LogP contribution in [0.5, 0.6) is 11.5 Å². The van der Waals surface area contributed by atoms with Gasteiger partial charge in [-0.25, -0.2) is 4.98 Å². The van der Waals surface area contributed by atoms with Gasteiger partial charge in [0.25, 0.3) is 0 Å². The molecule has 0 aliphatic carbocycles. The molecular formula is C11H11N3O2S. The molecule has 1 aromatic heterocycles. The minimum atomic E-state index is 0.285. The summed E-state index contributed by atoms with van der Waals surface area (Å²) in [5.41, 5.74) is 6.46. The summed E-state index contributed by atoms with van der Waals surface area (Å²) in [6, 6.07) is 5.70. The first-order chi connectivity index (χ1) is 8.35. The van der Waals surface area contributed by atoms with Crippen molar-refractivity contribution in [3.05, 3.63) is 29.3 Å². The molecule has 0 bridgehead atoms. The zero-order chi connectivity index (χ0) is 11.7. The van der Waals surface area contributed by atoms with Gasteiger partial charge in [-0.05, 0) is 12.1 Å². The third kappa shape index (κ3) is 2.04. The highest BCUT2D eigenvalue weighted by Gasteiger charge is 2.13. The fourth-order valence-electron chi connectivity index (χ4n) is 1.56. The second kappa shape index (κ2) is 4.23. The summed E-state index contributed by atoms with van der Waals surface area (Å²) in [7, 11) is 0. The SMILES string of the molecule is NCc1cnc(Nc2ccc3c(c2)OCO3)s1. The van der Waals surface area contributed by atoms with E-state index in [1.54, 1.807) is 17.5 Å². The largest absolute Gasteiger partial charge is 0.454 e. The Hall–Kier alpha value is -1.79. The van der Waals surface area contributed by atoms with Gasteiger partial charge in [0.15, 0.2) is 16.6 Å². The number of hydrogen-bond acceptors (Lipinski definition) is 6. The number of nitrogens with zero attached hydrogens (tertiary/aromatic N) is 1. The standard InChI is InChI=1S/C11H11N3O2S/c12-4-8-5-13-11(17-8)14-7-1-2-9-10(3-7)16-6-15-9/h1-3,5H,4,6,12H2,(H,13,14). The number of anilines is 2. The van der Waals surface area contributed by atoms with E-state index in [4.69, 9.17) is 15.2 Å². The summed E-state index contributed by atoms with van der Waals surface area (Å²) in [5, 5.41) is 4.03. The molecule has 3 rings (SSSR count). The molecule has 0 saturated heterocycles. The van der Waals surface area contributed by atoms with Crippen molar-refractivity contribution in [1.29, 1.82) is 0 Å². The number of thiazole rings is 1. The van der Waals surface area contributed by atoms with E-state index in [0.29, 0.717) is 6.54 Å². The van der Waals surface area contributed by atoms with Crippen LogP contribution in [0, 0.1) is 0 Å². The topological polar surface area (TPSA) is 69.4 Å². The maximum absolute atomic E-state index is 5.54. The number of fused-ring (bicyclic) bond motifs is 1. The molecule has 6 heteroatoms. The van der Waals surface area contributed by atoms with Gasteiger partial charge < -0.3 is 20.5 Å². The van der Waals surface area contributed by atoms with E-state index < -0.39 is 0 Å². The second-order valence-electron chi connectivity index (χ2n) is 3.53. The van der Waals surface area contributed by atoms with Crippen LogP contribution in [0.15, 0.2) is 24.4 Å². The molecule has 1 aromatic carbocycles. The first-order valence-corrected chi connectivity index (χ1v) is 5.98. The molecule has 2 aromatic rings. The third-order valence-corrected chi connectivity index (χ3v) is 3.31. The minimum Gasteiger partial charge on any atom is -0.454 e. The average molecular weight is 249 g/mol. The van der Waals surface area contributed by atoms with E-state index in [1.807, 2.05) is 18.2 Å². The van der Waals surface area contributed by atoms with Crippen LogP contribution in [0.4, 0.5) is 10.8 Å². The zero-order valence-electron chi connectivity index (χ0n) is 8.97. The van der Waals surface area contributed by atoms with E-state index in [1.165, 1.54) is 0 Å². The van der Waals surface area contributed by atoms with Crippen LogP contribution in [-0.4, -0.2) is 11.8 Å². The summed E-state index contributed by atoms with van der Waals surface area (Å²) in [5.74, 6) is 1.53. The molecule has 88 valence electrons. The molecule has 3 N–H and O–H groups in total. The van der Waals surface area contributed by atoms with E-state index in [-0.39, 0.29) is 6.79 Å². The smallest absolute Gasteiger partial charge is 0.231 e. The molecule has 0 spiro atoms. The summed E-state index contributed by atoms with van der Waals surface area (Å²) in [6.45, 7) is 0.799. The molecule has 1 aliphatic heterocycles. The summed E-state index contributed by atoms with van der Waals surface area (Å²) in [6.07, 6.45) is 1.78. The normalized spacial score (nSPS) is 12.8. The molecular weight excluding hydrogens is 238 g/mol. The van der Waals surface area contributed by atoms with Gasteiger partial charge in [0.1, 0.15) is 0 Å². The number of ether oxygens (including phenoxy) is 2. The monoisotopic (exact) mass is 249 g/mol. The molecule has 0 amide bonds. The van der Waals surface area contributed by atoms with Gasteiger partial charge in [-0.1, -0.05) is 0 Å². The molecule has 17 heavy (non-hydrogen) atoms. The number of aromatic nitrogens is 1. The number of benzene rings is 1. The molecule has 1 aliphatic rings. The van der Waals surface area contributed by atoms with Crippen molar-refractivity contribution in [1.82, 2.24) is 4.98 Å². The molecule has 2 heterocycles.